The van der Waals surface area contributed by atoms with Crippen LogP contribution < -0.4 is 21.3 Å². The Morgan fingerprint density at radius 1 is 0.450 bits per heavy atom. The Balaban J connectivity index is 2.89. The number of unbranched alkanes of at least 4 members (excludes halogenated alkanes) is 5. The summed E-state index contributed by atoms with van der Waals surface area (Å²) < 4.78 is 0. The predicted octanol–water partition coefficient (Wildman–Crippen LogP) is 2.42. The molecule has 0 spiro atoms. The third-order valence-electron chi connectivity index (χ3n) is 3.37. The van der Waals surface area contributed by atoms with Crippen LogP contribution in [-0.4, -0.2) is 39.5 Å². The number of hydrogen-bond acceptors (Lipinski definition) is 4. The summed E-state index contributed by atoms with van der Waals surface area (Å²) in [6.07, 6.45) is 10.5. The van der Waals surface area contributed by atoms with Crippen LogP contribution in [0.2, 0.25) is 0 Å². The summed E-state index contributed by atoms with van der Waals surface area (Å²) >= 11 is 0. The summed E-state index contributed by atoms with van der Waals surface area (Å²) in [6, 6.07) is 0. The van der Waals surface area contributed by atoms with Gasteiger partial charge in [-0.1, -0.05) is 46.0 Å². The molecule has 4 nitrogen and oxygen atoms in total. The molecule has 0 amide bonds. The first kappa shape index (κ1) is 19.8. The van der Waals surface area contributed by atoms with E-state index in [4.69, 9.17) is 0 Å². The quantitative estimate of drug-likeness (QED) is 0.245. The van der Waals surface area contributed by atoms with Crippen molar-refractivity contribution in [2.24, 2.45) is 0 Å². The van der Waals surface area contributed by atoms with E-state index in [-0.39, 0.29) is 0 Å². The monoisotopic (exact) mass is 286 g/mol. The van der Waals surface area contributed by atoms with Gasteiger partial charge >= 0.3 is 0 Å². The molecule has 0 rings (SSSR count). The molecule has 0 saturated carbocycles. The number of nitrogens with one attached hydrogen (secondary N) is 4. The largest absolute Gasteiger partial charge is 0.317 e. The molecule has 0 unspecified atom stereocenters. The van der Waals surface area contributed by atoms with Crippen LogP contribution in [0.3, 0.4) is 0 Å². The van der Waals surface area contributed by atoms with E-state index in [1.165, 1.54) is 57.9 Å². The van der Waals surface area contributed by atoms with Crippen molar-refractivity contribution >= 4 is 0 Å². The zero-order chi connectivity index (χ0) is 14.7. The van der Waals surface area contributed by atoms with Crippen LogP contribution >= 0.6 is 0 Å². The second kappa shape index (κ2) is 18.8. The Morgan fingerprint density at radius 2 is 0.950 bits per heavy atom. The van der Waals surface area contributed by atoms with Crippen molar-refractivity contribution in [2.75, 3.05) is 39.5 Å². The van der Waals surface area contributed by atoms with Gasteiger partial charge in [0.05, 0.1) is 0 Å². The molecule has 0 aromatic rings. The normalized spacial score (nSPS) is 11.1. The van der Waals surface area contributed by atoms with Crippen molar-refractivity contribution in [2.45, 2.75) is 65.2 Å². The molecule has 122 valence electrons. The molecule has 0 fully saturated rings. The van der Waals surface area contributed by atoms with Crippen molar-refractivity contribution in [3.63, 3.8) is 0 Å². The second-order valence-electron chi connectivity index (χ2n) is 5.47. The first-order chi connectivity index (χ1) is 9.91. The highest BCUT2D eigenvalue weighted by Crippen LogP contribution is 1.96. The van der Waals surface area contributed by atoms with E-state index in [2.05, 4.69) is 35.1 Å². The maximum absolute atomic E-state index is 3.50. The smallest absolute Gasteiger partial charge is 0.0464 e. The summed E-state index contributed by atoms with van der Waals surface area (Å²) in [5, 5.41) is 13.6. The van der Waals surface area contributed by atoms with Gasteiger partial charge in [0, 0.05) is 13.3 Å². The molecule has 20 heavy (non-hydrogen) atoms. The molecule has 0 atom stereocenters. The maximum Gasteiger partial charge on any atom is 0.0464 e. The van der Waals surface area contributed by atoms with Crippen molar-refractivity contribution in [3.8, 4) is 0 Å². The van der Waals surface area contributed by atoms with Crippen LogP contribution in [-0.2, 0) is 0 Å². The fraction of sp³-hybridized carbons (Fsp3) is 1.00. The summed E-state index contributed by atoms with van der Waals surface area (Å²) in [4.78, 5) is 0. The molecular formula is C16H38N4. The summed E-state index contributed by atoms with van der Waals surface area (Å²) in [6.45, 7) is 10.8. The average Bonchev–Trinajstić information content (AvgIpc) is 2.47. The highest BCUT2D eigenvalue weighted by molar-refractivity contribution is 4.53. The molecule has 0 saturated heterocycles. The first-order valence-corrected chi connectivity index (χ1v) is 8.74. The fourth-order valence-electron chi connectivity index (χ4n) is 2.06. The molecule has 0 bridgehead atoms. The predicted molar refractivity (Wildman–Crippen MR) is 90.0 cm³/mol. The molecule has 4 N–H and O–H groups in total. The van der Waals surface area contributed by atoms with Gasteiger partial charge in [0.15, 0.2) is 0 Å². The Labute approximate surface area is 126 Å². The molecule has 0 aromatic carbocycles. The highest BCUT2D eigenvalue weighted by Gasteiger charge is 1.90. The van der Waals surface area contributed by atoms with Crippen LogP contribution in [0.1, 0.15) is 65.2 Å². The maximum atomic E-state index is 3.50. The highest BCUT2D eigenvalue weighted by atomic mass is 15.1. The fourth-order valence-corrected chi connectivity index (χ4v) is 2.06. The number of hydrogen-bond donors (Lipinski definition) is 4. The molecule has 0 aliphatic heterocycles. The lowest BCUT2D eigenvalue weighted by molar-refractivity contribution is 0.508. The minimum absolute atomic E-state index is 0.900. The van der Waals surface area contributed by atoms with Gasteiger partial charge in [-0.15, -0.1) is 0 Å². The Kier molecular flexibility index (Phi) is 18.7. The second-order valence-corrected chi connectivity index (χ2v) is 5.47. The van der Waals surface area contributed by atoms with Crippen molar-refractivity contribution in [3.05, 3.63) is 0 Å². The zero-order valence-corrected chi connectivity index (χ0v) is 13.9. The van der Waals surface area contributed by atoms with E-state index in [1.807, 2.05) is 0 Å². The SMILES string of the molecule is CCCCCCNCCCNCNCNCCCCC. The molecular weight excluding hydrogens is 248 g/mol. The van der Waals surface area contributed by atoms with E-state index in [0.717, 1.165) is 33.0 Å². The topological polar surface area (TPSA) is 48.1 Å². The lowest BCUT2D eigenvalue weighted by Crippen LogP contribution is -2.37. The minimum atomic E-state index is 0.900. The lowest BCUT2D eigenvalue weighted by atomic mass is 10.2. The molecule has 0 aromatic heterocycles. The third kappa shape index (κ3) is 17.8. The van der Waals surface area contributed by atoms with Crippen LogP contribution in [0.5, 0.6) is 0 Å². The molecule has 4 heteroatoms. The van der Waals surface area contributed by atoms with Crippen LogP contribution in [0.4, 0.5) is 0 Å². The van der Waals surface area contributed by atoms with E-state index in [9.17, 15) is 0 Å². The third-order valence-corrected chi connectivity index (χ3v) is 3.37. The molecule has 0 radical (unpaired) electrons. The summed E-state index contributed by atoms with van der Waals surface area (Å²) in [5.41, 5.74) is 0. The Bertz CT molecular complexity index is 147. The van der Waals surface area contributed by atoms with E-state index >= 15 is 0 Å². The Morgan fingerprint density at radius 3 is 1.65 bits per heavy atom. The summed E-state index contributed by atoms with van der Waals surface area (Å²) in [5.74, 6) is 0. The van der Waals surface area contributed by atoms with E-state index < -0.39 is 0 Å². The molecule has 0 aliphatic rings. The van der Waals surface area contributed by atoms with Crippen molar-refractivity contribution in [1.82, 2.24) is 21.3 Å². The lowest BCUT2D eigenvalue weighted by Gasteiger charge is -2.08. The summed E-state index contributed by atoms with van der Waals surface area (Å²) in [7, 11) is 0. The molecule has 0 heterocycles. The van der Waals surface area contributed by atoms with Gasteiger partial charge in [-0.05, 0) is 45.4 Å². The van der Waals surface area contributed by atoms with E-state index in [1.54, 1.807) is 0 Å². The van der Waals surface area contributed by atoms with Gasteiger partial charge in [0.1, 0.15) is 0 Å². The van der Waals surface area contributed by atoms with E-state index in [0.29, 0.717) is 0 Å². The Hall–Kier alpha value is -0.160. The van der Waals surface area contributed by atoms with Gasteiger partial charge in [-0.25, -0.2) is 0 Å². The average molecular weight is 287 g/mol. The van der Waals surface area contributed by atoms with Crippen LogP contribution in [0, 0.1) is 0 Å². The first-order valence-electron chi connectivity index (χ1n) is 8.74. The van der Waals surface area contributed by atoms with Gasteiger partial charge in [0.25, 0.3) is 0 Å². The van der Waals surface area contributed by atoms with Crippen molar-refractivity contribution in [1.29, 1.82) is 0 Å². The van der Waals surface area contributed by atoms with Crippen LogP contribution in [0.25, 0.3) is 0 Å². The zero-order valence-electron chi connectivity index (χ0n) is 13.9. The van der Waals surface area contributed by atoms with Gasteiger partial charge in [0.2, 0.25) is 0 Å². The van der Waals surface area contributed by atoms with Crippen LogP contribution in [0.15, 0.2) is 0 Å². The van der Waals surface area contributed by atoms with Gasteiger partial charge in [-0.2, -0.15) is 0 Å². The minimum Gasteiger partial charge on any atom is -0.317 e. The van der Waals surface area contributed by atoms with Gasteiger partial charge in [-0.3, -0.25) is 5.32 Å². The number of rotatable bonds is 17. The molecule has 0 aliphatic carbocycles. The van der Waals surface area contributed by atoms with Gasteiger partial charge < -0.3 is 16.0 Å². The standard InChI is InChI=1S/C16H38N4/c1-3-5-7-9-11-17-13-10-14-19-16-20-15-18-12-8-6-4-2/h17-20H,3-16H2,1-2H3. The van der Waals surface area contributed by atoms with Crippen molar-refractivity contribution < 1.29 is 0 Å².